The van der Waals surface area contributed by atoms with Crippen molar-refractivity contribution < 1.29 is 32.2 Å². The van der Waals surface area contributed by atoms with E-state index in [0.29, 0.717) is 6.42 Å². The molecule has 31 heavy (non-hydrogen) atoms. The summed E-state index contributed by atoms with van der Waals surface area (Å²) in [7, 11) is 1.87. The molecule has 0 spiro atoms. The van der Waals surface area contributed by atoms with Crippen molar-refractivity contribution in [2.24, 2.45) is 12.5 Å². The van der Waals surface area contributed by atoms with Crippen molar-refractivity contribution in [3.05, 3.63) is 45.7 Å². The average molecular weight is 468 g/mol. The van der Waals surface area contributed by atoms with Crippen LogP contribution in [0.5, 0.6) is 5.75 Å². The molecule has 11 heteroatoms. The summed E-state index contributed by atoms with van der Waals surface area (Å²) >= 11 is 5.76. The fraction of sp³-hybridized carbons (Fsp3) is 0.500. The molecule has 0 fully saturated rings. The molecule has 0 aliphatic rings. The second kappa shape index (κ2) is 11.2. The molecule has 0 saturated heterocycles. The van der Waals surface area contributed by atoms with Crippen LogP contribution in [0.1, 0.15) is 45.4 Å². The summed E-state index contributed by atoms with van der Waals surface area (Å²) in [6.45, 7) is 6.61. The maximum Gasteiger partial charge on any atom is 0.404 e. The first-order valence-corrected chi connectivity index (χ1v) is 9.78. The van der Waals surface area contributed by atoms with Gasteiger partial charge < -0.3 is 15.2 Å². The number of aryl methyl sites for hydroxylation is 2. The minimum atomic E-state index is -1.69. The zero-order valence-electron chi connectivity index (χ0n) is 18.0. The number of carbonyl (C=O) groups is 1. The molecule has 1 aromatic carbocycles. The number of benzene rings is 1. The van der Waals surface area contributed by atoms with E-state index in [1.165, 1.54) is 0 Å². The van der Waals surface area contributed by atoms with Crippen molar-refractivity contribution in [3.63, 3.8) is 0 Å². The van der Waals surface area contributed by atoms with Gasteiger partial charge in [-0.1, -0.05) is 39.3 Å². The van der Waals surface area contributed by atoms with Crippen LogP contribution in [0.2, 0.25) is 5.02 Å². The highest BCUT2D eigenvalue weighted by Gasteiger charge is 2.27. The molecule has 0 unspecified atom stereocenters. The lowest BCUT2D eigenvalue weighted by Gasteiger charge is -2.19. The number of carboxylic acid groups (broad SMARTS) is 1. The smallest absolute Gasteiger partial charge is 0.404 e. The summed E-state index contributed by atoms with van der Waals surface area (Å²) in [5.41, 5.74) is -0.255. The summed E-state index contributed by atoms with van der Waals surface area (Å²) in [6, 6.07) is 0. The molecule has 1 heterocycles. The molecule has 0 radical (unpaired) electrons. The van der Waals surface area contributed by atoms with Crippen molar-refractivity contribution in [2.75, 3.05) is 6.61 Å². The van der Waals surface area contributed by atoms with Crippen LogP contribution in [-0.4, -0.2) is 27.6 Å². The first-order chi connectivity index (χ1) is 14.3. The number of rotatable bonds is 6. The number of ether oxygens (including phenoxy) is 1. The average Bonchev–Trinajstić information content (AvgIpc) is 2.99. The molecule has 1 aromatic heterocycles. The topological polar surface area (TPSA) is 76.4 Å². The van der Waals surface area contributed by atoms with Gasteiger partial charge in [-0.25, -0.2) is 13.6 Å². The van der Waals surface area contributed by atoms with E-state index in [9.17, 15) is 22.4 Å². The molecular weight excluding hydrogens is 442 g/mol. The van der Waals surface area contributed by atoms with Gasteiger partial charge in [-0.3, -0.25) is 4.68 Å². The number of hydrogen-bond donors (Lipinski definition) is 2. The van der Waals surface area contributed by atoms with E-state index in [1.54, 1.807) is 16.2 Å². The first kappa shape index (κ1) is 26.5. The molecule has 6 nitrogen and oxygen atoms in total. The predicted molar refractivity (Wildman–Crippen MR) is 108 cm³/mol. The fourth-order valence-electron chi connectivity index (χ4n) is 2.31. The van der Waals surface area contributed by atoms with E-state index in [-0.39, 0.29) is 12.0 Å². The molecule has 0 saturated carbocycles. The Balaban J connectivity index is 0.000000442. The van der Waals surface area contributed by atoms with Crippen LogP contribution < -0.4 is 10.1 Å². The van der Waals surface area contributed by atoms with Crippen molar-refractivity contribution in [2.45, 2.75) is 47.1 Å². The number of aromatic nitrogens is 2. The third kappa shape index (κ3) is 7.93. The molecule has 0 aliphatic heterocycles. The van der Waals surface area contributed by atoms with E-state index in [0.717, 1.165) is 17.1 Å². The predicted octanol–water partition coefficient (Wildman–Crippen LogP) is 5.46. The van der Waals surface area contributed by atoms with Crippen LogP contribution in [0, 0.1) is 28.7 Å². The lowest BCUT2D eigenvalue weighted by molar-refractivity contribution is 0.193. The minimum absolute atomic E-state index is 0.122. The van der Waals surface area contributed by atoms with Gasteiger partial charge in [0.1, 0.15) is 0 Å². The Kier molecular flexibility index (Phi) is 9.61. The highest BCUT2D eigenvalue weighted by molar-refractivity contribution is 6.31. The lowest BCUT2D eigenvalue weighted by Crippen LogP contribution is -2.22. The molecule has 0 aliphatic carbocycles. The lowest BCUT2D eigenvalue weighted by atomic mass is 9.93. The van der Waals surface area contributed by atoms with Gasteiger partial charge in [-0.15, -0.1) is 0 Å². The SMILES string of the molecule is CC(C)(C)CCOc1c(F)c(F)c(CNC(=O)O)c(F)c1F.CCc1nn(C)cc1Cl. The molecular formula is C20H26ClF4N3O3. The highest BCUT2D eigenvalue weighted by atomic mass is 35.5. The van der Waals surface area contributed by atoms with E-state index < -0.39 is 47.2 Å². The summed E-state index contributed by atoms with van der Waals surface area (Å²) in [4.78, 5) is 10.3. The third-order valence-electron chi connectivity index (χ3n) is 4.02. The molecule has 2 aromatic rings. The first-order valence-electron chi connectivity index (χ1n) is 9.40. The Morgan fingerprint density at radius 3 is 2.10 bits per heavy atom. The Morgan fingerprint density at radius 2 is 1.74 bits per heavy atom. The van der Waals surface area contributed by atoms with Crippen LogP contribution in [-0.2, 0) is 20.0 Å². The molecule has 0 atom stereocenters. The maximum atomic E-state index is 13.8. The van der Waals surface area contributed by atoms with Crippen LogP contribution in [0.3, 0.4) is 0 Å². The molecule has 2 N–H and O–H groups in total. The van der Waals surface area contributed by atoms with Crippen molar-refractivity contribution >= 4 is 17.7 Å². The zero-order chi connectivity index (χ0) is 23.9. The maximum absolute atomic E-state index is 13.8. The van der Waals surface area contributed by atoms with Gasteiger partial charge in [0.2, 0.25) is 11.6 Å². The Labute approximate surface area is 183 Å². The zero-order valence-corrected chi connectivity index (χ0v) is 18.7. The van der Waals surface area contributed by atoms with Gasteiger partial charge in [-0.2, -0.15) is 13.9 Å². The van der Waals surface area contributed by atoms with Crippen LogP contribution in [0.15, 0.2) is 6.20 Å². The van der Waals surface area contributed by atoms with Crippen molar-refractivity contribution in [1.82, 2.24) is 15.1 Å². The molecule has 174 valence electrons. The summed E-state index contributed by atoms with van der Waals surface area (Å²) in [5.74, 6) is -7.87. The van der Waals surface area contributed by atoms with Crippen molar-refractivity contribution in [1.29, 1.82) is 0 Å². The minimum Gasteiger partial charge on any atom is -0.487 e. The normalized spacial score (nSPS) is 11.0. The monoisotopic (exact) mass is 467 g/mol. The van der Waals surface area contributed by atoms with Gasteiger partial charge in [-0.05, 0) is 18.3 Å². The van der Waals surface area contributed by atoms with Gasteiger partial charge in [0.25, 0.3) is 0 Å². The standard InChI is InChI=1S/C14H17F4NO3.C6H9ClN2/c1-14(2,3)4-5-22-12-10(17)8(15)7(6-19-13(20)21)9(16)11(12)18;1-3-6-5(7)4-9(2)8-6/h19H,4-6H2,1-3H3,(H,20,21);4H,3H2,1-2H3. The molecule has 2 rings (SSSR count). The Bertz CT molecular complexity index is 885. The number of nitrogens with zero attached hydrogens (tertiary/aromatic N) is 2. The van der Waals surface area contributed by atoms with Crippen molar-refractivity contribution in [3.8, 4) is 5.75 Å². The number of nitrogens with one attached hydrogen (secondary N) is 1. The van der Waals surface area contributed by atoms with Gasteiger partial charge in [0, 0.05) is 18.8 Å². The van der Waals surface area contributed by atoms with Gasteiger partial charge in [0.05, 0.1) is 23.9 Å². The summed E-state index contributed by atoms with van der Waals surface area (Å²) < 4.78 is 61.5. The summed E-state index contributed by atoms with van der Waals surface area (Å²) in [6.07, 6.45) is 1.54. The number of hydrogen-bond acceptors (Lipinski definition) is 3. The van der Waals surface area contributed by atoms with Crippen LogP contribution >= 0.6 is 11.6 Å². The highest BCUT2D eigenvalue weighted by Crippen LogP contribution is 2.31. The summed E-state index contributed by atoms with van der Waals surface area (Å²) in [5, 5.41) is 14.9. The second-order valence-electron chi connectivity index (χ2n) is 7.83. The number of halogens is 5. The second-order valence-corrected chi connectivity index (χ2v) is 8.24. The molecule has 0 bridgehead atoms. The fourth-order valence-corrected chi connectivity index (χ4v) is 2.62. The molecule has 1 amide bonds. The van der Waals surface area contributed by atoms with Gasteiger partial charge in [0.15, 0.2) is 17.4 Å². The quantitative estimate of drug-likeness (QED) is 0.437. The van der Waals surface area contributed by atoms with Crippen LogP contribution in [0.25, 0.3) is 0 Å². The van der Waals surface area contributed by atoms with E-state index in [4.69, 9.17) is 21.4 Å². The van der Waals surface area contributed by atoms with E-state index in [2.05, 4.69) is 5.10 Å². The Morgan fingerprint density at radius 1 is 1.19 bits per heavy atom. The number of amides is 1. The van der Waals surface area contributed by atoms with E-state index in [1.807, 2.05) is 34.7 Å². The Hall–Kier alpha value is -2.49. The van der Waals surface area contributed by atoms with Gasteiger partial charge >= 0.3 is 6.09 Å². The van der Waals surface area contributed by atoms with E-state index >= 15 is 0 Å². The van der Waals surface area contributed by atoms with Crippen LogP contribution in [0.4, 0.5) is 22.4 Å². The third-order valence-corrected chi connectivity index (χ3v) is 4.33. The largest absolute Gasteiger partial charge is 0.487 e.